The lowest BCUT2D eigenvalue weighted by molar-refractivity contribution is 0.351. The van der Waals surface area contributed by atoms with Crippen molar-refractivity contribution in [1.82, 2.24) is 19.5 Å². The van der Waals surface area contributed by atoms with Crippen molar-refractivity contribution in [3.8, 4) is 11.5 Å². The van der Waals surface area contributed by atoms with Gasteiger partial charge in [0.2, 0.25) is 5.28 Å². The fourth-order valence-corrected chi connectivity index (χ4v) is 4.83. The van der Waals surface area contributed by atoms with Gasteiger partial charge in [-0.1, -0.05) is 11.6 Å². The predicted octanol–water partition coefficient (Wildman–Crippen LogP) is 4.24. The summed E-state index contributed by atoms with van der Waals surface area (Å²) in [4.78, 5) is 28.6. The van der Waals surface area contributed by atoms with Crippen molar-refractivity contribution in [2.45, 2.75) is 26.3 Å². The third kappa shape index (κ3) is 4.14. The molecule has 0 saturated carbocycles. The molecule has 0 unspecified atom stereocenters. The zero-order valence-corrected chi connectivity index (χ0v) is 20.2. The monoisotopic (exact) mass is 479 g/mol. The van der Waals surface area contributed by atoms with Gasteiger partial charge in [0, 0.05) is 31.1 Å². The molecule has 0 amide bonds. The van der Waals surface area contributed by atoms with Crippen LogP contribution in [0.25, 0.3) is 21.8 Å². The number of halogens is 1. The summed E-state index contributed by atoms with van der Waals surface area (Å²) in [7, 11) is 3.20. The minimum absolute atomic E-state index is 0.0192. The van der Waals surface area contributed by atoms with Crippen molar-refractivity contribution >= 4 is 39.2 Å². The number of aryl methyl sites for hydroxylation is 1. The van der Waals surface area contributed by atoms with Gasteiger partial charge in [-0.15, -0.1) is 0 Å². The van der Waals surface area contributed by atoms with E-state index in [1.165, 1.54) is 0 Å². The number of rotatable bonds is 5. The van der Waals surface area contributed by atoms with Crippen LogP contribution in [0.5, 0.6) is 11.5 Å². The minimum atomic E-state index is 0.0192. The molecule has 1 fully saturated rings. The first kappa shape index (κ1) is 22.4. The molecule has 1 saturated heterocycles. The quantitative estimate of drug-likeness (QED) is 0.396. The normalized spacial score (nSPS) is 14.6. The Morgan fingerprint density at radius 3 is 2.47 bits per heavy atom. The molecule has 1 aliphatic heterocycles. The van der Waals surface area contributed by atoms with E-state index in [0.717, 1.165) is 48.2 Å². The number of ether oxygens (including phenoxy) is 2. The van der Waals surface area contributed by atoms with E-state index >= 15 is 0 Å². The SMILES string of the molecule is COc1cc2nc(Cl)nc(N3CCC(Cn4cnc5ccc(C)cc5c4=O)CC3)c2cc1OC. The van der Waals surface area contributed by atoms with E-state index in [1.807, 2.05) is 37.3 Å². The molecule has 0 N–H and O–H groups in total. The number of aromatic nitrogens is 4. The lowest BCUT2D eigenvalue weighted by atomic mass is 9.96. The van der Waals surface area contributed by atoms with E-state index in [0.29, 0.717) is 34.9 Å². The number of benzene rings is 2. The number of piperidine rings is 1. The van der Waals surface area contributed by atoms with E-state index in [9.17, 15) is 4.79 Å². The van der Waals surface area contributed by atoms with Gasteiger partial charge in [-0.3, -0.25) is 9.36 Å². The van der Waals surface area contributed by atoms with E-state index in [1.54, 1.807) is 25.1 Å². The summed E-state index contributed by atoms with van der Waals surface area (Å²) in [6.45, 7) is 4.24. The molecular weight excluding hydrogens is 454 g/mol. The number of fused-ring (bicyclic) bond motifs is 2. The maximum absolute atomic E-state index is 13.0. The fourth-order valence-electron chi connectivity index (χ4n) is 4.66. The fraction of sp³-hybridized carbons (Fsp3) is 0.360. The van der Waals surface area contributed by atoms with Crippen molar-refractivity contribution in [2.24, 2.45) is 5.92 Å². The number of hydrogen-bond acceptors (Lipinski definition) is 7. The molecule has 2 aromatic heterocycles. The van der Waals surface area contributed by atoms with Crippen LogP contribution in [0.2, 0.25) is 5.28 Å². The number of nitrogens with zero attached hydrogens (tertiary/aromatic N) is 5. The van der Waals surface area contributed by atoms with Gasteiger partial charge in [-0.05, 0) is 55.5 Å². The molecule has 0 bridgehead atoms. The van der Waals surface area contributed by atoms with Crippen molar-refractivity contribution < 1.29 is 9.47 Å². The van der Waals surface area contributed by atoms with Gasteiger partial charge in [0.25, 0.3) is 5.56 Å². The van der Waals surface area contributed by atoms with Crippen LogP contribution in [0, 0.1) is 12.8 Å². The highest BCUT2D eigenvalue weighted by molar-refractivity contribution is 6.28. The Morgan fingerprint density at radius 1 is 1.00 bits per heavy atom. The molecule has 34 heavy (non-hydrogen) atoms. The predicted molar refractivity (Wildman–Crippen MR) is 133 cm³/mol. The van der Waals surface area contributed by atoms with Crippen molar-refractivity contribution in [3.05, 3.63) is 57.9 Å². The van der Waals surface area contributed by atoms with Gasteiger partial charge in [0.1, 0.15) is 5.82 Å². The van der Waals surface area contributed by atoms with Crippen LogP contribution in [0.4, 0.5) is 5.82 Å². The summed E-state index contributed by atoms with van der Waals surface area (Å²) in [5.41, 5.74) is 2.52. The highest BCUT2D eigenvalue weighted by Crippen LogP contribution is 2.36. The van der Waals surface area contributed by atoms with Crippen LogP contribution in [-0.4, -0.2) is 46.8 Å². The average molecular weight is 480 g/mol. The summed E-state index contributed by atoms with van der Waals surface area (Å²) in [5, 5.41) is 1.73. The van der Waals surface area contributed by atoms with E-state index in [2.05, 4.69) is 19.9 Å². The topological polar surface area (TPSA) is 82.4 Å². The van der Waals surface area contributed by atoms with Crippen molar-refractivity contribution in [1.29, 1.82) is 0 Å². The molecule has 5 rings (SSSR count). The maximum Gasteiger partial charge on any atom is 0.261 e. The van der Waals surface area contributed by atoms with Crippen molar-refractivity contribution in [2.75, 3.05) is 32.2 Å². The minimum Gasteiger partial charge on any atom is -0.493 e. The molecule has 8 nitrogen and oxygen atoms in total. The molecule has 1 aliphatic rings. The van der Waals surface area contributed by atoms with Crippen LogP contribution in [0.1, 0.15) is 18.4 Å². The number of hydrogen-bond donors (Lipinski definition) is 0. The first-order valence-electron chi connectivity index (χ1n) is 11.3. The molecule has 0 spiro atoms. The molecular formula is C25H26ClN5O3. The lowest BCUT2D eigenvalue weighted by Crippen LogP contribution is -2.37. The standard InChI is InChI=1S/C25H26ClN5O3/c1-15-4-5-19-18(10-15)24(32)31(14-27-19)13-16-6-8-30(9-7-16)23-17-11-21(33-2)22(34-3)12-20(17)28-25(26)29-23/h4-5,10-12,14,16H,6-9,13H2,1-3H3. The molecule has 9 heteroatoms. The van der Waals surface area contributed by atoms with Gasteiger partial charge in [0.15, 0.2) is 11.5 Å². The Bertz CT molecular complexity index is 1430. The number of methoxy groups -OCH3 is 2. The van der Waals surface area contributed by atoms with Crippen molar-refractivity contribution in [3.63, 3.8) is 0 Å². The Hall–Kier alpha value is -3.39. The molecule has 0 atom stereocenters. The van der Waals surface area contributed by atoms with Crippen LogP contribution >= 0.6 is 11.6 Å². The molecule has 176 valence electrons. The largest absolute Gasteiger partial charge is 0.493 e. The van der Waals surface area contributed by atoms with Gasteiger partial charge >= 0.3 is 0 Å². The van der Waals surface area contributed by atoms with Gasteiger partial charge < -0.3 is 14.4 Å². The summed E-state index contributed by atoms with van der Waals surface area (Å²) in [6.07, 6.45) is 3.52. The highest BCUT2D eigenvalue weighted by Gasteiger charge is 2.24. The Balaban J connectivity index is 1.37. The third-order valence-corrected chi connectivity index (χ3v) is 6.67. The Morgan fingerprint density at radius 2 is 1.74 bits per heavy atom. The first-order chi connectivity index (χ1) is 16.5. The summed E-state index contributed by atoms with van der Waals surface area (Å²) < 4.78 is 12.6. The van der Waals surface area contributed by atoms with Gasteiger partial charge in [0.05, 0.1) is 37.0 Å². The Labute approximate surface area is 202 Å². The van der Waals surface area contributed by atoms with Crippen LogP contribution in [0.3, 0.4) is 0 Å². The second-order valence-electron chi connectivity index (χ2n) is 8.69. The highest BCUT2D eigenvalue weighted by atomic mass is 35.5. The van der Waals surface area contributed by atoms with E-state index < -0.39 is 0 Å². The zero-order valence-electron chi connectivity index (χ0n) is 19.4. The summed E-state index contributed by atoms with van der Waals surface area (Å²) in [5.74, 6) is 2.38. The smallest absolute Gasteiger partial charge is 0.261 e. The lowest BCUT2D eigenvalue weighted by Gasteiger charge is -2.33. The first-order valence-corrected chi connectivity index (χ1v) is 11.6. The summed E-state index contributed by atoms with van der Waals surface area (Å²) in [6, 6.07) is 9.50. The summed E-state index contributed by atoms with van der Waals surface area (Å²) >= 11 is 6.26. The van der Waals surface area contributed by atoms with E-state index in [4.69, 9.17) is 21.1 Å². The number of anilines is 1. The van der Waals surface area contributed by atoms with E-state index in [-0.39, 0.29) is 10.8 Å². The Kier molecular flexibility index (Phi) is 6.00. The molecule has 2 aromatic carbocycles. The van der Waals surface area contributed by atoms with Gasteiger partial charge in [-0.25, -0.2) is 9.97 Å². The van der Waals surface area contributed by atoms with Crippen LogP contribution < -0.4 is 19.9 Å². The molecule has 0 aliphatic carbocycles. The molecule has 3 heterocycles. The van der Waals surface area contributed by atoms with Gasteiger partial charge in [-0.2, -0.15) is 4.98 Å². The maximum atomic E-state index is 13.0. The van der Waals surface area contributed by atoms with Crippen LogP contribution in [-0.2, 0) is 6.54 Å². The van der Waals surface area contributed by atoms with Crippen LogP contribution in [0.15, 0.2) is 41.5 Å². The second kappa shape index (κ2) is 9.10. The second-order valence-corrected chi connectivity index (χ2v) is 9.03. The molecule has 0 radical (unpaired) electrons. The third-order valence-electron chi connectivity index (χ3n) is 6.50. The average Bonchev–Trinajstić information content (AvgIpc) is 2.85. The molecule has 4 aromatic rings. The zero-order chi connectivity index (χ0) is 23.8.